The molecule has 1 saturated carbocycles. The molecule has 1 fully saturated rings. The van der Waals surface area contributed by atoms with Crippen LogP contribution in [0.3, 0.4) is 0 Å². The first kappa shape index (κ1) is 10.3. The molecule has 0 aromatic carbocycles. The lowest BCUT2D eigenvalue weighted by Crippen LogP contribution is -2.26. The molecule has 0 amide bonds. The maximum absolute atomic E-state index is 10.8. The summed E-state index contributed by atoms with van der Waals surface area (Å²) in [5.41, 5.74) is 1.24. The van der Waals surface area contributed by atoms with Gasteiger partial charge in [0, 0.05) is 0 Å². The number of carboxylic acids is 1. The van der Waals surface area contributed by atoms with E-state index in [1.54, 1.807) is 0 Å². The highest BCUT2D eigenvalue weighted by atomic mass is 16.4. The summed E-state index contributed by atoms with van der Waals surface area (Å²) in [5.74, 6) is 0.153. The molecule has 1 N–H and O–H groups in total. The van der Waals surface area contributed by atoms with E-state index in [0.717, 1.165) is 19.3 Å². The van der Waals surface area contributed by atoms with Gasteiger partial charge in [-0.1, -0.05) is 26.0 Å². The van der Waals surface area contributed by atoms with Crippen molar-refractivity contribution in [3.05, 3.63) is 12.2 Å². The molecule has 1 aliphatic carbocycles. The lowest BCUT2D eigenvalue weighted by Gasteiger charge is -2.31. The first-order valence-electron chi connectivity index (χ1n) is 4.92. The molecule has 2 heteroatoms. The molecular weight excluding hydrogens is 164 g/mol. The predicted octanol–water partition coefficient (Wildman–Crippen LogP) is 2.70. The van der Waals surface area contributed by atoms with Gasteiger partial charge in [-0.05, 0) is 31.1 Å². The Balaban J connectivity index is 2.63. The molecule has 2 atom stereocenters. The van der Waals surface area contributed by atoms with Gasteiger partial charge in [0.15, 0.2) is 0 Å². The van der Waals surface area contributed by atoms with Gasteiger partial charge in [0.25, 0.3) is 0 Å². The average Bonchev–Trinajstić information content (AvgIpc) is 2.04. The Labute approximate surface area is 79.6 Å². The third kappa shape index (κ3) is 2.33. The van der Waals surface area contributed by atoms with Crippen molar-refractivity contribution >= 4 is 5.97 Å². The zero-order valence-corrected chi connectivity index (χ0v) is 8.42. The Morgan fingerprint density at radius 1 is 1.62 bits per heavy atom. The molecule has 0 bridgehead atoms. The summed E-state index contributed by atoms with van der Waals surface area (Å²) < 4.78 is 0. The predicted molar refractivity (Wildman–Crippen MR) is 52.4 cm³/mol. The first-order chi connectivity index (χ1) is 6.02. The number of allylic oxidation sites excluding steroid dienone is 1. The van der Waals surface area contributed by atoms with Crippen LogP contribution in [0, 0.1) is 17.8 Å². The molecule has 1 aliphatic rings. The summed E-state index contributed by atoms with van der Waals surface area (Å²) in [6.45, 7) is 8.30. The van der Waals surface area contributed by atoms with Gasteiger partial charge in [0.05, 0.1) is 5.92 Å². The van der Waals surface area contributed by atoms with Gasteiger partial charge in [0.2, 0.25) is 0 Å². The largest absolute Gasteiger partial charge is 0.481 e. The van der Waals surface area contributed by atoms with Crippen molar-refractivity contribution in [2.75, 3.05) is 0 Å². The monoisotopic (exact) mass is 182 g/mol. The number of carboxylic acid groups (broad SMARTS) is 1. The van der Waals surface area contributed by atoms with Crippen molar-refractivity contribution in [3.8, 4) is 0 Å². The molecule has 2 unspecified atom stereocenters. The van der Waals surface area contributed by atoms with Crippen LogP contribution in [-0.4, -0.2) is 11.1 Å². The number of rotatable bonds is 2. The van der Waals surface area contributed by atoms with Crippen LogP contribution in [0.1, 0.15) is 33.1 Å². The summed E-state index contributed by atoms with van der Waals surface area (Å²) in [5, 5.41) is 8.89. The number of hydrogen-bond donors (Lipinski definition) is 1. The normalized spacial score (nSPS) is 29.3. The molecule has 0 heterocycles. The van der Waals surface area contributed by atoms with E-state index in [0.29, 0.717) is 11.8 Å². The van der Waals surface area contributed by atoms with Crippen LogP contribution >= 0.6 is 0 Å². The van der Waals surface area contributed by atoms with E-state index < -0.39 is 5.97 Å². The van der Waals surface area contributed by atoms with Crippen molar-refractivity contribution in [1.82, 2.24) is 0 Å². The third-order valence-corrected chi connectivity index (χ3v) is 3.03. The highest BCUT2D eigenvalue weighted by molar-refractivity contribution is 5.70. The molecule has 13 heavy (non-hydrogen) atoms. The molecule has 0 aromatic rings. The standard InChI is InChI=1S/C11H18O2/c1-7(2)10-6-9(11(12)13)5-4-8(10)3/h7,9-10H,3-6H2,1-2H3,(H,12,13). The molecule has 2 nitrogen and oxygen atoms in total. The van der Waals surface area contributed by atoms with E-state index in [-0.39, 0.29) is 5.92 Å². The Bertz CT molecular complexity index is 218. The van der Waals surface area contributed by atoms with Crippen molar-refractivity contribution < 1.29 is 9.90 Å². The first-order valence-corrected chi connectivity index (χ1v) is 4.92. The molecule has 0 aromatic heterocycles. The maximum Gasteiger partial charge on any atom is 0.306 e. The summed E-state index contributed by atoms with van der Waals surface area (Å²) >= 11 is 0. The molecular formula is C11H18O2. The van der Waals surface area contributed by atoms with E-state index in [1.807, 2.05) is 0 Å². The van der Waals surface area contributed by atoms with Crippen LogP contribution in [0.2, 0.25) is 0 Å². The van der Waals surface area contributed by atoms with Crippen molar-refractivity contribution in [2.45, 2.75) is 33.1 Å². The second kappa shape index (κ2) is 3.95. The Morgan fingerprint density at radius 3 is 2.69 bits per heavy atom. The second-order valence-electron chi connectivity index (χ2n) is 4.32. The summed E-state index contributed by atoms with van der Waals surface area (Å²) in [6.07, 6.45) is 2.45. The lowest BCUT2D eigenvalue weighted by atomic mass is 9.73. The Hall–Kier alpha value is -0.790. The zero-order chi connectivity index (χ0) is 10.0. The molecule has 0 aliphatic heterocycles. The molecule has 74 valence electrons. The van der Waals surface area contributed by atoms with E-state index >= 15 is 0 Å². The number of carbonyl (C=O) groups is 1. The van der Waals surface area contributed by atoms with Crippen LogP contribution in [0.4, 0.5) is 0 Å². The highest BCUT2D eigenvalue weighted by Gasteiger charge is 2.30. The minimum Gasteiger partial charge on any atom is -0.481 e. The highest BCUT2D eigenvalue weighted by Crippen LogP contribution is 2.36. The van der Waals surface area contributed by atoms with E-state index in [4.69, 9.17) is 5.11 Å². The summed E-state index contributed by atoms with van der Waals surface area (Å²) in [6, 6.07) is 0. The van der Waals surface area contributed by atoms with Crippen LogP contribution in [0.5, 0.6) is 0 Å². The lowest BCUT2D eigenvalue weighted by molar-refractivity contribution is -0.143. The van der Waals surface area contributed by atoms with Gasteiger partial charge >= 0.3 is 5.97 Å². The Morgan fingerprint density at radius 2 is 2.23 bits per heavy atom. The summed E-state index contributed by atoms with van der Waals surface area (Å²) in [4.78, 5) is 10.8. The fourth-order valence-electron chi connectivity index (χ4n) is 2.10. The van der Waals surface area contributed by atoms with Gasteiger partial charge in [-0.15, -0.1) is 0 Å². The minimum atomic E-state index is -0.641. The number of hydrogen-bond acceptors (Lipinski definition) is 1. The van der Waals surface area contributed by atoms with E-state index in [9.17, 15) is 4.79 Å². The van der Waals surface area contributed by atoms with Crippen LogP contribution in [-0.2, 0) is 4.79 Å². The minimum absolute atomic E-state index is 0.141. The molecule has 0 radical (unpaired) electrons. The van der Waals surface area contributed by atoms with Gasteiger partial charge in [-0.2, -0.15) is 0 Å². The smallest absolute Gasteiger partial charge is 0.306 e. The van der Waals surface area contributed by atoms with Crippen LogP contribution in [0.25, 0.3) is 0 Å². The van der Waals surface area contributed by atoms with Gasteiger partial charge in [-0.25, -0.2) is 0 Å². The van der Waals surface area contributed by atoms with E-state index in [1.165, 1.54) is 5.57 Å². The third-order valence-electron chi connectivity index (χ3n) is 3.03. The van der Waals surface area contributed by atoms with Gasteiger partial charge in [0.1, 0.15) is 0 Å². The van der Waals surface area contributed by atoms with Crippen LogP contribution in [0.15, 0.2) is 12.2 Å². The van der Waals surface area contributed by atoms with Crippen LogP contribution < -0.4 is 0 Å². The molecule has 0 spiro atoms. The fraction of sp³-hybridized carbons (Fsp3) is 0.727. The van der Waals surface area contributed by atoms with Crippen molar-refractivity contribution in [1.29, 1.82) is 0 Å². The van der Waals surface area contributed by atoms with Crippen molar-refractivity contribution in [3.63, 3.8) is 0 Å². The topological polar surface area (TPSA) is 37.3 Å². The fourth-order valence-corrected chi connectivity index (χ4v) is 2.10. The van der Waals surface area contributed by atoms with Gasteiger partial charge in [-0.3, -0.25) is 4.79 Å². The number of aliphatic carboxylic acids is 1. The maximum atomic E-state index is 10.8. The van der Waals surface area contributed by atoms with Gasteiger partial charge < -0.3 is 5.11 Å². The molecule has 1 rings (SSSR count). The molecule has 0 saturated heterocycles. The quantitative estimate of drug-likeness (QED) is 0.667. The van der Waals surface area contributed by atoms with Crippen molar-refractivity contribution in [2.24, 2.45) is 17.8 Å². The average molecular weight is 182 g/mol. The Kier molecular flexibility index (Phi) is 3.12. The zero-order valence-electron chi connectivity index (χ0n) is 8.42. The van der Waals surface area contributed by atoms with E-state index in [2.05, 4.69) is 20.4 Å². The summed E-state index contributed by atoms with van der Waals surface area (Å²) in [7, 11) is 0. The SMILES string of the molecule is C=C1CCC(C(=O)O)CC1C(C)C. The second-order valence-corrected chi connectivity index (χ2v) is 4.32.